The molecule has 0 aromatic carbocycles. The Bertz CT molecular complexity index is 173. The number of likely N-dealkylation sites (N-methyl/N-ethyl adjacent to an activating group) is 1. The van der Waals surface area contributed by atoms with Crippen molar-refractivity contribution < 1.29 is 9.53 Å². The zero-order chi connectivity index (χ0) is 11.2. The van der Waals surface area contributed by atoms with Gasteiger partial charge in [-0.05, 0) is 20.4 Å². The van der Waals surface area contributed by atoms with Crippen LogP contribution in [-0.2, 0) is 9.53 Å². The molecule has 0 heterocycles. The van der Waals surface area contributed by atoms with Crippen LogP contribution in [0, 0.1) is 5.41 Å². The molecule has 0 fully saturated rings. The Morgan fingerprint density at radius 1 is 1.57 bits per heavy atom. The van der Waals surface area contributed by atoms with Crippen LogP contribution >= 0.6 is 0 Å². The van der Waals surface area contributed by atoms with Crippen molar-refractivity contribution in [1.29, 1.82) is 0 Å². The fourth-order valence-electron chi connectivity index (χ4n) is 1.33. The van der Waals surface area contributed by atoms with E-state index in [9.17, 15) is 4.79 Å². The van der Waals surface area contributed by atoms with Gasteiger partial charge >= 0.3 is 0 Å². The van der Waals surface area contributed by atoms with Gasteiger partial charge in [0.15, 0.2) is 0 Å². The molecule has 0 rings (SSSR count). The molecular weight excluding hydrogens is 178 g/mol. The Labute approximate surface area is 87.4 Å². The molecule has 0 aromatic rings. The van der Waals surface area contributed by atoms with E-state index in [0.29, 0.717) is 12.6 Å². The topological polar surface area (TPSA) is 29.5 Å². The molecule has 84 valence electrons. The number of methoxy groups -OCH3 is 1. The van der Waals surface area contributed by atoms with E-state index in [4.69, 9.17) is 4.74 Å². The summed E-state index contributed by atoms with van der Waals surface area (Å²) >= 11 is 0. The van der Waals surface area contributed by atoms with Gasteiger partial charge in [-0.15, -0.1) is 0 Å². The van der Waals surface area contributed by atoms with E-state index in [-0.39, 0.29) is 5.41 Å². The van der Waals surface area contributed by atoms with Gasteiger partial charge in [0.1, 0.15) is 6.29 Å². The van der Waals surface area contributed by atoms with Crippen molar-refractivity contribution in [1.82, 2.24) is 4.90 Å². The van der Waals surface area contributed by atoms with Crippen LogP contribution in [0.4, 0.5) is 0 Å². The average Bonchev–Trinajstić information content (AvgIpc) is 2.18. The number of hydrogen-bond donors (Lipinski definition) is 0. The minimum Gasteiger partial charge on any atom is -0.383 e. The number of ether oxygens (including phenoxy) is 1. The zero-order valence-electron chi connectivity index (χ0n) is 10.0. The van der Waals surface area contributed by atoms with E-state index < -0.39 is 0 Å². The second-order valence-corrected chi connectivity index (χ2v) is 4.34. The number of rotatable bonds is 7. The van der Waals surface area contributed by atoms with Crippen LogP contribution in [0.2, 0.25) is 0 Å². The molecule has 14 heavy (non-hydrogen) atoms. The summed E-state index contributed by atoms with van der Waals surface area (Å²) in [7, 11) is 3.73. The van der Waals surface area contributed by atoms with Crippen molar-refractivity contribution in [3.05, 3.63) is 0 Å². The monoisotopic (exact) mass is 201 g/mol. The molecule has 0 amide bonds. The Kier molecular flexibility index (Phi) is 5.96. The highest BCUT2D eigenvalue weighted by molar-refractivity contribution is 5.58. The Hall–Kier alpha value is -0.410. The summed E-state index contributed by atoms with van der Waals surface area (Å²) in [5.41, 5.74) is -0.225. The maximum Gasteiger partial charge on any atom is 0.127 e. The highest BCUT2D eigenvalue weighted by Crippen LogP contribution is 2.19. The van der Waals surface area contributed by atoms with Crippen LogP contribution in [0.5, 0.6) is 0 Å². The van der Waals surface area contributed by atoms with Gasteiger partial charge in [-0.3, -0.25) is 0 Å². The molecule has 2 unspecified atom stereocenters. The first-order valence-corrected chi connectivity index (χ1v) is 5.14. The van der Waals surface area contributed by atoms with E-state index in [2.05, 4.69) is 11.8 Å². The van der Waals surface area contributed by atoms with E-state index in [1.807, 2.05) is 20.9 Å². The van der Waals surface area contributed by atoms with E-state index in [1.54, 1.807) is 7.11 Å². The highest BCUT2D eigenvalue weighted by atomic mass is 16.5. The summed E-state index contributed by atoms with van der Waals surface area (Å²) in [6, 6.07) is 0.353. The van der Waals surface area contributed by atoms with Crippen LogP contribution in [0.1, 0.15) is 27.2 Å². The first-order chi connectivity index (χ1) is 6.49. The summed E-state index contributed by atoms with van der Waals surface area (Å²) in [5.74, 6) is 0. The van der Waals surface area contributed by atoms with Crippen molar-refractivity contribution >= 4 is 6.29 Å². The van der Waals surface area contributed by atoms with Crippen molar-refractivity contribution in [3.8, 4) is 0 Å². The maximum absolute atomic E-state index is 10.9. The third kappa shape index (κ3) is 4.20. The summed E-state index contributed by atoms with van der Waals surface area (Å²) in [6.45, 7) is 7.64. The van der Waals surface area contributed by atoms with Gasteiger partial charge in [0.2, 0.25) is 0 Å². The minimum atomic E-state index is -0.225. The second-order valence-electron chi connectivity index (χ2n) is 4.34. The largest absolute Gasteiger partial charge is 0.383 e. The maximum atomic E-state index is 10.9. The van der Waals surface area contributed by atoms with Crippen LogP contribution in [0.25, 0.3) is 0 Å². The van der Waals surface area contributed by atoms with Crippen LogP contribution in [-0.4, -0.2) is 44.5 Å². The molecule has 0 saturated heterocycles. The molecule has 0 saturated carbocycles. The first-order valence-electron chi connectivity index (χ1n) is 5.14. The Balaban J connectivity index is 4.14. The van der Waals surface area contributed by atoms with Gasteiger partial charge in [0.25, 0.3) is 0 Å². The lowest BCUT2D eigenvalue weighted by molar-refractivity contribution is -0.116. The second kappa shape index (κ2) is 6.14. The van der Waals surface area contributed by atoms with E-state index in [1.165, 1.54) is 0 Å². The molecule has 0 aromatic heterocycles. The predicted molar refractivity (Wildman–Crippen MR) is 58.4 cm³/mol. The van der Waals surface area contributed by atoms with Crippen molar-refractivity contribution in [2.75, 3.05) is 27.3 Å². The van der Waals surface area contributed by atoms with Crippen molar-refractivity contribution in [2.45, 2.75) is 33.2 Å². The molecule has 0 radical (unpaired) electrons. The third-order valence-corrected chi connectivity index (χ3v) is 2.86. The number of carbonyl (C=O) groups is 1. The standard InChI is InChI=1S/C11H23NO2/c1-6-11(3,9-13)8-12(4)10(2)7-14-5/h9-10H,6-8H2,1-5H3. The number of carbonyl (C=O) groups excluding carboxylic acids is 1. The fraction of sp³-hybridized carbons (Fsp3) is 0.909. The van der Waals surface area contributed by atoms with E-state index >= 15 is 0 Å². The molecule has 0 aliphatic heterocycles. The molecule has 0 spiro atoms. The molecule has 3 nitrogen and oxygen atoms in total. The van der Waals surface area contributed by atoms with E-state index in [0.717, 1.165) is 19.3 Å². The Morgan fingerprint density at radius 3 is 2.50 bits per heavy atom. The summed E-state index contributed by atoms with van der Waals surface area (Å²) in [4.78, 5) is 13.1. The predicted octanol–water partition coefficient (Wildman–Crippen LogP) is 1.57. The highest BCUT2D eigenvalue weighted by Gasteiger charge is 2.24. The summed E-state index contributed by atoms with van der Waals surface area (Å²) < 4.78 is 5.08. The summed E-state index contributed by atoms with van der Waals surface area (Å²) in [6.07, 6.45) is 1.93. The number of hydrogen-bond acceptors (Lipinski definition) is 3. The van der Waals surface area contributed by atoms with Gasteiger partial charge in [0, 0.05) is 25.1 Å². The lowest BCUT2D eigenvalue weighted by atomic mass is 9.88. The number of nitrogens with zero attached hydrogens (tertiary/aromatic N) is 1. The molecule has 0 N–H and O–H groups in total. The normalized spacial score (nSPS) is 17.9. The lowest BCUT2D eigenvalue weighted by Gasteiger charge is -2.31. The average molecular weight is 201 g/mol. The molecular formula is C11H23NO2. The minimum absolute atomic E-state index is 0.225. The quantitative estimate of drug-likeness (QED) is 0.586. The van der Waals surface area contributed by atoms with Crippen molar-refractivity contribution in [3.63, 3.8) is 0 Å². The zero-order valence-corrected chi connectivity index (χ0v) is 10.0. The Morgan fingerprint density at radius 2 is 2.14 bits per heavy atom. The smallest absolute Gasteiger partial charge is 0.127 e. The molecule has 3 heteroatoms. The van der Waals surface area contributed by atoms with Gasteiger partial charge in [-0.1, -0.05) is 13.8 Å². The van der Waals surface area contributed by atoms with Crippen LogP contribution in [0.15, 0.2) is 0 Å². The van der Waals surface area contributed by atoms with Crippen LogP contribution < -0.4 is 0 Å². The van der Waals surface area contributed by atoms with Gasteiger partial charge in [-0.25, -0.2) is 0 Å². The molecule has 0 aliphatic carbocycles. The van der Waals surface area contributed by atoms with Crippen molar-refractivity contribution in [2.24, 2.45) is 5.41 Å². The summed E-state index contributed by atoms with van der Waals surface area (Å²) in [5, 5.41) is 0. The third-order valence-electron chi connectivity index (χ3n) is 2.86. The van der Waals surface area contributed by atoms with Crippen LogP contribution in [0.3, 0.4) is 0 Å². The molecule has 2 atom stereocenters. The van der Waals surface area contributed by atoms with Gasteiger partial charge < -0.3 is 14.4 Å². The molecule has 0 aliphatic rings. The first kappa shape index (κ1) is 13.6. The SMILES string of the molecule is CCC(C)(C=O)CN(C)C(C)COC. The van der Waals surface area contributed by atoms with Gasteiger partial charge in [0.05, 0.1) is 6.61 Å². The molecule has 0 bridgehead atoms. The lowest BCUT2D eigenvalue weighted by Crippen LogP contribution is -2.41. The fourth-order valence-corrected chi connectivity index (χ4v) is 1.33. The van der Waals surface area contributed by atoms with Gasteiger partial charge in [-0.2, -0.15) is 0 Å². The number of aldehydes is 1.